The van der Waals surface area contributed by atoms with Crippen molar-refractivity contribution in [2.75, 3.05) is 16.4 Å². The van der Waals surface area contributed by atoms with Crippen molar-refractivity contribution in [3.8, 4) is 5.69 Å². The highest BCUT2D eigenvalue weighted by atomic mass is 32.2. The predicted octanol–water partition coefficient (Wildman–Crippen LogP) is 5.28. The van der Waals surface area contributed by atoms with Crippen LogP contribution in [0.4, 0.5) is 23.1 Å². The van der Waals surface area contributed by atoms with Crippen LogP contribution in [0.3, 0.4) is 0 Å². The number of sulfone groups is 1. The molecule has 0 unspecified atom stereocenters. The molecule has 8 nitrogen and oxygen atoms in total. The number of nitrogens with zero attached hydrogens (tertiary/aromatic N) is 4. The monoisotopic (exact) mass is 476 g/mol. The Hall–Kier alpha value is -3.72. The van der Waals surface area contributed by atoms with E-state index in [2.05, 4.69) is 25.6 Å². The molecule has 0 saturated carbocycles. The Bertz CT molecular complexity index is 1380. The van der Waals surface area contributed by atoms with Crippen molar-refractivity contribution in [2.24, 2.45) is 5.41 Å². The second kappa shape index (κ2) is 9.26. The summed E-state index contributed by atoms with van der Waals surface area (Å²) < 4.78 is 27.5. The molecule has 2 aromatic heterocycles. The van der Waals surface area contributed by atoms with Gasteiger partial charge in [0.25, 0.3) is 0 Å². The van der Waals surface area contributed by atoms with Crippen LogP contribution in [0, 0.1) is 12.3 Å². The molecule has 0 aliphatic rings. The van der Waals surface area contributed by atoms with Gasteiger partial charge in [-0.2, -0.15) is 4.98 Å². The van der Waals surface area contributed by atoms with E-state index in [-0.39, 0.29) is 16.1 Å². The highest BCUT2D eigenvalue weighted by molar-refractivity contribution is 7.91. The average Bonchev–Trinajstić information content (AvgIpc) is 3.30. The van der Waals surface area contributed by atoms with Crippen molar-refractivity contribution in [2.45, 2.75) is 32.6 Å². The maximum Gasteiger partial charge on any atom is 0.229 e. The van der Waals surface area contributed by atoms with Crippen LogP contribution in [0.2, 0.25) is 0 Å². The van der Waals surface area contributed by atoms with Gasteiger partial charge in [-0.1, -0.05) is 26.8 Å². The predicted molar refractivity (Wildman–Crippen MR) is 135 cm³/mol. The number of hydrogen-bond acceptors (Lipinski definition) is 7. The van der Waals surface area contributed by atoms with E-state index in [1.165, 1.54) is 0 Å². The summed E-state index contributed by atoms with van der Waals surface area (Å²) in [5, 5.41) is 6.44. The Labute approximate surface area is 200 Å². The number of benzene rings is 2. The highest BCUT2D eigenvalue weighted by Crippen LogP contribution is 2.26. The molecule has 2 N–H and O–H groups in total. The average molecular weight is 477 g/mol. The fourth-order valence-electron chi connectivity index (χ4n) is 3.44. The van der Waals surface area contributed by atoms with E-state index >= 15 is 0 Å². The van der Waals surface area contributed by atoms with Crippen LogP contribution >= 0.6 is 0 Å². The lowest BCUT2D eigenvalue weighted by molar-refractivity contribution is 0.462. The van der Waals surface area contributed by atoms with Gasteiger partial charge in [-0.3, -0.25) is 0 Å². The van der Waals surface area contributed by atoms with E-state index in [4.69, 9.17) is 0 Å². The van der Waals surface area contributed by atoms with Crippen molar-refractivity contribution in [1.82, 2.24) is 19.5 Å². The lowest BCUT2D eigenvalue weighted by Crippen LogP contribution is -2.20. The second-order valence-electron chi connectivity index (χ2n) is 9.34. The van der Waals surface area contributed by atoms with Crippen molar-refractivity contribution in [3.63, 3.8) is 0 Å². The molecule has 4 aromatic rings. The minimum absolute atomic E-state index is 0.0731. The van der Waals surface area contributed by atoms with Crippen LogP contribution in [0.25, 0.3) is 5.69 Å². The zero-order chi connectivity index (χ0) is 24.3. The van der Waals surface area contributed by atoms with Crippen molar-refractivity contribution in [1.29, 1.82) is 0 Å². The molecule has 4 rings (SSSR count). The van der Waals surface area contributed by atoms with E-state index in [1.54, 1.807) is 36.9 Å². The molecule has 0 saturated heterocycles. The Kier molecular flexibility index (Phi) is 6.39. The number of aryl methyl sites for hydroxylation is 1. The van der Waals surface area contributed by atoms with Gasteiger partial charge < -0.3 is 15.2 Å². The number of hydrogen-bond donors (Lipinski definition) is 2. The Morgan fingerprint density at radius 1 is 1.00 bits per heavy atom. The van der Waals surface area contributed by atoms with Crippen LogP contribution in [-0.2, 0) is 9.84 Å². The molecule has 0 bridgehead atoms. The molecule has 0 aliphatic carbocycles. The first-order valence-electron chi connectivity index (χ1n) is 10.9. The number of anilines is 4. The van der Waals surface area contributed by atoms with Crippen LogP contribution in [0.15, 0.2) is 78.3 Å². The van der Waals surface area contributed by atoms with E-state index in [0.29, 0.717) is 17.5 Å². The summed E-state index contributed by atoms with van der Waals surface area (Å²) in [7, 11) is -3.40. The van der Waals surface area contributed by atoms with Crippen molar-refractivity contribution < 1.29 is 8.42 Å². The van der Waals surface area contributed by atoms with Gasteiger partial charge in [0.1, 0.15) is 5.82 Å². The third-order valence-electron chi connectivity index (χ3n) is 4.98. The SMILES string of the molecule is Cc1cnc(Nc2ccc(-n3ccnc3)cc2)nc1Nc1cccc(S(=O)(=O)CC(C)(C)C)c1. The third-order valence-corrected chi connectivity index (χ3v) is 7.19. The lowest BCUT2D eigenvalue weighted by atomic mass is 10.0. The molecule has 0 radical (unpaired) electrons. The molecule has 34 heavy (non-hydrogen) atoms. The first-order chi connectivity index (χ1) is 16.1. The molecule has 0 spiro atoms. The maximum absolute atomic E-state index is 12.8. The van der Waals surface area contributed by atoms with Gasteiger partial charge in [0.2, 0.25) is 5.95 Å². The van der Waals surface area contributed by atoms with Gasteiger partial charge in [-0.05, 0) is 54.8 Å². The summed E-state index contributed by atoms with van der Waals surface area (Å²) in [6, 6.07) is 14.6. The molecule has 176 valence electrons. The van der Waals surface area contributed by atoms with E-state index in [9.17, 15) is 8.42 Å². The minimum atomic E-state index is -3.40. The Morgan fingerprint density at radius 3 is 2.44 bits per heavy atom. The number of imidazole rings is 1. The van der Waals surface area contributed by atoms with E-state index in [0.717, 1.165) is 16.9 Å². The molecular weight excluding hydrogens is 448 g/mol. The summed E-state index contributed by atoms with van der Waals surface area (Å²) >= 11 is 0. The Balaban J connectivity index is 1.52. The number of aromatic nitrogens is 4. The molecule has 9 heteroatoms. The zero-order valence-electron chi connectivity index (χ0n) is 19.6. The van der Waals surface area contributed by atoms with Crippen molar-refractivity contribution >= 4 is 33.0 Å². The summed E-state index contributed by atoms with van der Waals surface area (Å²) in [5.74, 6) is 1.10. The summed E-state index contributed by atoms with van der Waals surface area (Å²) in [6.45, 7) is 7.64. The van der Waals surface area contributed by atoms with Crippen LogP contribution < -0.4 is 10.6 Å². The molecule has 0 atom stereocenters. The molecule has 2 aromatic carbocycles. The largest absolute Gasteiger partial charge is 0.340 e. The summed E-state index contributed by atoms with van der Waals surface area (Å²) in [5.41, 5.74) is 2.99. The standard InChI is InChI=1S/C25H28N6O2S/c1-18-15-27-24(29-19-8-10-21(11-9-19)31-13-12-26-17-31)30-23(18)28-20-6-5-7-22(14-20)34(32,33)16-25(2,3)4/h5-15,17H,16H2,1-4H3,(H2,27,28,29,30). The molecular formula is C25H28N6O2S. The van der Waals surface area contributed by atoms with Gasteiger partial charge in [0.05, 0.1) is 17.0 Å². The lowest BCUT2D eigenvalue weighted by Gasteiger charge is -2.18. The van der Waals surface area contributed by atoms with Gasteiger partial charge in [0, 0.05) is 41.2 Å². The second-order valence-corrected chi connectivity index (χ2v) is 11.3. The number of rotatable bonds is 7. The van der Waals surface area contributed by atoms with Crippen LogP contribution in [0.5, 0.6) is 0 Å². The first-order valence-corrected chi connectivity index (χ1v) is 12.5. The van der Waals surface area contributed by atoms with Gasteiger partial charge in [0.15, 0.2) is 9.84 Å². The minimum Gasteiger partial charge on any atom is -0.340 e. The maximum atomic E-state index is 12.8. The molecule has 0 aliphatic heterocycles. The fraction of sp³-hybridized carbons (Fsp3) is 0.240. The molecule has 2 heterocycles. The zero-order valence-corrected chi connectivity index (χ0v) is 20.5. The van der Waals surface area contributed by atoms with Gasteiger partial charge >= 0.3 is 0 Å². The summed E-state index contributed by atoms with van der Waals surface area (Å²) in [6.07, 6.45) is 7.08. The van der Waals surface area contributed by atoms with Crippen LogP contribution in [-0.4, -0.2) is 33.7 Å². The smallest absolute Gasteiger partial charge is 0.229 e. The molecule has 0 fully saturated rings. The third kappa shape index (κ3) is 5.79. The Morgan fingerprint density at radius 2 is 1.76 bits per heavy atom. The highest BCUT2D eigenvalue weighted by Gasteiger charge is 2.23. The van der Waals surface area contributed by atoms with E-state index in [1.807, 2.05) is 68.8 Å². The van der Waals surface area contributed by atoms with Crippen molar-refractivity contribution in [3.05, 3.63) is 79.0 Å². The number of nitrogens with one attached hydrogen (secondary N) is 2. The summed E-state index contributed by atoms with van der Waals surface area (Å²) in [4.78, 5) is 13.3. The fourth-order valence-corrected chi connectivity index (χ4v) is 5.34. The first kappa shape index (κ1) is 23.4. The normalized spacial score (nSPS) is 11.9. The molecule has 0 amide bonds. The topological polar surface area (TPSA) is 102 Å². The quantitative estimate of drug-likeness (QED) is 0.374. The van der Waals surface area contributed by atoms with Gasteiger partial charge in [-0.15, -0.1) is 0 Å². The van der Waals surface area contributed by atoms with Gasteiger partial charge in [-0.25, -0.2) is 18.4 Å². The van der Waals surface area contributed by atoms with Crippen LogP contribution in [0.1, 0.15) is 26.3 Å². The van der Waals surface area contributed by atoms with E-state index < -0.39 is 9.84 Å².